The van der Waals surface area contributed by atoms with Crippen LogP contribution >= 0.6 is 0 Å². The van der Waals surface area contributed by atoms with E-state index in [0.717, 1.165) is 33.3 Å². The van der Waals surface area contributed by atoms with Crippen molar-refractivity contribution in [1.82, 2.24) is 4.98 Å². The summed E-state index contributed by atoms with van der Waals surface area (Å²) in [5, 5.41) is 5.87. The summed E-state index contributed by atoms with van der Waals surface area (Å²) >= 11 is 0. The fourth-order valence-corrected chi connectivity index (χ4v) is 5.15. The molecule has 3 heterocycles. The Bertz CT molecular complexity index is 1720. The van der Waals surface area contributed by atoms with Gasteiger partial charge >= 0.3 is 0 Å². The molecule has 0 amide bonds. The van der Waals surface area contributed by atoms with Crippen molar-refractivity contribution in [3.63, 3.8) is 0 Å². The molecular formula is C29H25N2O+. The van der Waals surface area contributed by atoms with E-state index in [2.05, 4.69) is 100.0 Å². The lowest BCUT2D eigenvalue weighted by Crippen LogP contribution is -2.32. The molecule has 0 bridgehead atoms. The summed E-state index contributed by atoms with van der Waals surface area (Å²) in [6.45, 7) is 8.59. The number of benzene rings is 3. The Morgan fingerprint density at radius 2 is 1.53 bits per heavy atom. The van der Waals surface area contributed by atoms with Gasteiger partial charge in [-0.2, -0.15) is 4.57 Å². The smallest absolute Gasteiger partial charge is 0.228 e. The van der Waals surface area contributed by atoms with E-state index in [1.807, 2.05) is 0 Å². The Balaban J connectivity index is 1.80. The number of rotatable bonds is 1. The molecule has 0 N–H and O–H groups in total. The van der Waals surface area contributed by atoms with Crippen LogP contribution in [0.4, 0.5) is 0 Å². The van der Waals surface area contributed by atoms with Crippen LogP contribution in [0.2, 0.25) is 0 Å². The van der Waals surface area contributed by atoms with Crippen LogP contribution in [0, 0.1) is 27.7 Å². The summed E-state index contributed by atoms with van der Waals surface area (Å²) in [5.74, 6) is 0. The molecule has 3 aromatic heterocycles. The Labute approximate surface area is 186 Å². The molecule has 3 heteroatoms. The molecular weight excluding hydrogens is 392 g/mol. The minimum atomic E-state index is 0.710. The largest absolute Gasteiger partial charge is 0.437 e. The van der Waals surface area contributed by atoms with Crippen molar-refractivity contribution >= 4 is 43.7 Å². The third kappa shape index (κ3) is 2.48. The summed E-state index contributed by atoms with van der Waals surface area (Å²) in [5.41, 5.74) is 9.90. The van der Waals surface area contributed by atoms with Gasteiger partial charge in [-0.1, -0.05) is 36.4 Å². The van der Waals surface area contributed by atoms with Crippen molar-refractivity contribution in [3.05, 3.63) is 83.0 Å². The minimum Gasteiger partial charge on any atom is -0.437 e. The number of furan rings is 1. The lowest BCUT2D eigenvalue weighted by molar-refractivity contribution is -0.633. The van der Waals surface area contributed by atoms with Gasteiger partial charge in [0.2, 0.25) is 16.9 Å². The summed E-state index contributed by atoms with van der Waals surface area (Å²) in [6.07, 6.45) is 0. The maximum Gasteiger partial charge on any atom is 0.228 e. The molecule has 6 aromatic rings. The second kappa shape index (κ2) is 6.64. The van der Waals surface area contributed by atoms with Crippen molar-refractivity contribution in [2.75, 3.05) is 0 Å². The van der Waals surface area contributed by atoms with E-state index in [-0.39, 0.29) is 0 Å². The highest BCUT2D eigenvalue weighted by Gasteiger charge is 2.25. The predicted molar refractivity (Wildman–Crippen MR) is 132 cm³/mol. The maximum absolute atomic E-state index is 6.53. The van der Waals surface area contributed by atoms with Gasteiger partial charge in [-0.3, -0.25) is 0 Å². The molecule has 0 aliphatic heterocycles. The van der Waals surface area contributed by atoms with Gasteiger partial charge in [0, 0.05) is 34.0 Å². The predicted octanol–water partition coefficient (Wildman–Crippen LogP) is 7.01. The Kier molecular flexibility index (Phi) is 3.94. The molecule has 0 fully saturated rings. The summed E-state index contributed by atoms with van der Waals surface area (Å²) in [4.78, 5) is 4.85. The molecule has 0 aliphatic rings. The zero-order valence-electron chi connectivity index (χ0n) is 19.1. The lowest BCUT2D eigenvalue weighted by Gasteiger charge is -2.10. The third-order valence-electron chi connectivity index (χ3n) is 7.02. The molecule has 0 spiro atoms. The van der Waals surface area contributed by atoms with Gasteiger partial charge in [-0.05, 0) is 61.9 Å². The number of pyridine rings is 2. The van der Waals surface area contributed by atoms with Crippen molar-refractivity contribution < 1.29 is 8.98 Å². The summed E-state index contributed by atoms with van der Waals surface area (Å²) in [7, 11) is 2.14. The fourth-order valence-electron chi connectivity index (χ4n) is 5.15. The molecule has 6 rings (SSSR count). The number of hydrogen-bond donors (Lipinski definition) is 0. The van der Waals surface area contributed by atoms with Crippen LogP contribution in [-0.2, 0) is 7.05 Å². The second-order valence-electron chi connectivity index (χ2n) is 8.88. The van der Waals surface area contributed by atoms with Crippen LogP contribution < -0.4 is 4.57 Å². The first-order valence-electron chi connectivity index (χ1n) is 11.1. The maximum atomic E-state index is 6.53. The zero-order valence-corrected chi connectivity index (χ0v) is 19.1. The first-order chi connectivity index (χ1) is 15.5. The highest BCUT2D eigenvalue weighted by molar-refractivity contribution is 6.20. The van der Waals surface area contributed by atoms with E-state index in [1.165, 1.54) is 38.4 Å². The van der Waals surface area contributed by atoms with Crippen molar-refractivity contribution in [2.45, 2.75) is 27.7 Å². The molecule has 0 atom stereocenters. The topological polar surface area (TPSA) is 29.9 Å². The van der Waals surface area contributed by atoms with E-state index in [4.69, 9.17) is 9.40 Å². The quantitative estimate of drug-likeness (QED) is 0.269. The highest BCUT2D eigenvalue weighted by Crippen LogP contribution is 2.41. The van der Waals surface area contributed by atoms with Crippen LogP contribution in [0.3, 0.4) is 0 Å². The Morgan fingerprint density at radius 1 is 0.750 bits per heavy atom. The van der Waals surface area contributed by atoms with Gasteiger partial charge in [0.05, 0.1) is 10.9 Å². The third-order valence-corrected chi connectivity index (χ3v) is 7.02. The SMILES string of the molecule is Cc1cc2c(oc3nc(C)c4ccccc4c32)c(-c2ccc3c(C)cccc3[n+]2C)c1C. The summed E-state index contributed by atoms with van der Waals surface area (Å²) < 4.78 is 8.81. The van der Waals surface area contributed by atoms with E-state index < -0.39 is 0 Å². The Morgan fingerprint density at radius 3 is 2.34 bits per heavy atom. The van der Waals surface area contributed by atoms with Crippen molar-refractivity contribution in [3.8, 4) is 11.3 Å². The average molecular weight is 418 g/mol. The fraction of sp³-hybridized carbons (Fsp3) is 0.172. The van der Waals surface area contributed by atoms with Gasteiger partial charge in [-0.25, -0.2) is 4.98 Å². The molecule has 3 aromatic carbocycles. The first-order valence-corrected chi connectivity index (χ1v) is 11.1. The molecule has 0 saturated carbocycles. The molecule has 0 aliphatic carbocycles. The average Bonchev–Trinajstić information content (AvgIpc) is 3.14. The number of hydrogen-bond acceptors (Lipinski definition) is 2. The van der Waals surface area contributed by atoms with Crippen LogP contribution in [0.15, 0.2) is 65.1 Å². The first kappa shape index (κ1) is 19.0. The van der Waals surface area contributed by atoms with Gasteiger partial charge in [-0.15, -0.1) is 0 Å². The zero-order chi connectivity index (χ0) is 22.1. The van der Waals surface area contributed by atoms with Gasteiger partial charge < -0.3 is 4.42 Å². The van der Waals surface area contributed by atoms with Gasteiger partial charge in [0.15, 0.2) is 5.58 Å². The van der Waals surface area contributed by atoms with Crippen LogP contribution in [0.1, 0.15) is 22.4 Å². The highest BCUT2D eigenvalue weighted by atomic mass is 16.3. The molecule has 0 unspecified atom stereocenters. The van der Waals surface area contributed by atoms with Crippen LogP contribution in [0.5, 0.6) is 0 Å². The second-order valence-corrected chi connectivity index (χ2v) is 8.88. The summed E-state index contributed by atoms with van der Waals surface area (Å²) in [6, 6.07) is 21.7. The Hall–Kier alpha value is -3.72. The molecule has 0 radical (unpaired) electrons. The number of nitrogens with zero attached hydrogens (tertiary/aromatic N) is 2. The van der Waals surface area contributed by atoms with E-state index in [0.29, 0.717) is 5.71 Å². The van der Waals surface area contributed by atoms with Crippen LogP contribution in [-0.4, -0.2) is 4.98 Å². The number of fused-ring (bicyclic) bond motifs is 6. The van der Waals surface area contributed by atoms with Gasteiger partial charge in [0.1, 0.15) is 7.05 Å². The van der Waals surface area contributed by atoms with Crippen molar-refractivity contribution in [1.29, 1.82) is 0 Å². The molecule has 32 heavy (non-hydrogen) atoms. The van der Waals surface area contributed by atoms with Crippen molar-refractivity contribution in [2.24, 2.45) is 7.05 Å². The lowest BCUT2D eigenvalue weighted by atomic mass is 9.95. The number of aryl methyl sites for hydroxylation is 4. The molecule has 156 valence electrons. The molecule has 0 saturated heterocycles. The van der Waals surface area contributed by atoms with Crippen LogP contribution in [0.25, 0.3) is 55.0 Å². The van der Waals surface area contributed by atoms with Gasteiger partial charge in [0.25, 0.3) is 0 Å². The van der Waals surface area contributed by atoms with E-state index in [1.54, 1.807) is 0 Å². The standard InChI is InChI=1S/C29H25N2O/c1-16-9-8-12-24-20(16)13-14-25(31(24)5)26-18(3)17(2)15-23-27-22-11-7-6-10-21(22)19(4)30-29(27)32-28(23)26/h6-15H,1-5H3/q+1. The molecule has 3 nitrogen and oxygen atoms in total. The minimum absolute atomic E-state index is 0.710. The van der Waals surface area contributed by atoms with E-state index >= 15 is 0 Å². The number of aromatic nitrogens is 2. The van der Waals surface area contributed by atoms with E-state index in [9.17, 15) is 0 Å². The monoisotopic (exact) mass is 417 g/mol. The normalized spacial score (nSPS) is 11.9.